The van der Waals surface area contributed by atoms with Gasteiger partial charge in [-0.3, -0.25) is 0 Å². The smallest absolute Gasteiger partial charge is 0.308 e. The van der Waals surface area contributed by atoms with E-state index in [4.69, 9.17) is 4.74 Å². The molecule has 8 heteroatoms. The molecule has 0 unspecified atom stereocenters. The highest BCUT2D eigenvalue weighted by atomic mass is 32.2. The quantitative estimate of drug-likeness (QED) is 0.675. The Morgan fingerprint density at radius 2 is 2.04 bits per heavy atom. The zero-order chi connectivity index (χ0) is 17.2. The molecular formula is C16H17N3O3S2. The maximum atomic E-state index is 12.0. The zero-order valence-corrected chi connectivity index (χ0v) is 14.9. The van der Waals surface area contributed by atoms with Crippen LogP contribution in [0.5, 0.6) is 5.75 Å². The third kappa shape index (κ3) is 3.35. The van der Waals surface area contributed by atoms with Crippen molar-refractivity contribution in [2.75, 3.05) is 14.1 Å². The second-order valence-corrected chi connectivity index (χ2v) is 8.11. The van der Waals surface area contributed by atoms with Gasteiger partial charge in [-0.15, -0.1) is 0 Å². The van der Waals surface area contributed by atoms with Crippen LogP contribution in [0.4, 0.5) is 0 Å². The number of hydrogen-bond donors (Lipinski definition) is 0. The van der Waals surface area contributed by atoms with Crippen molar-refractivity contribution < 1.29 is 13.2 Å². The third-order valence-electron chi connectivity index (χ3n) is 3.44. The largest absolute Gasteiger partial charge is 0.487 e. The number of aromatic nitrogens is 2. The van der Waals surface area contributed by atoms with E-state index in [1.54, 1.807) is 11.3 Å². The molecule has 24 heavy (non-hydrogen) atoms. The fraction of sp³-hybridized carbons (Fsp3) is 0.188. The highest BCUT2D eigenvalue weighted by Gasteiger charge is 2.17. The van der Waals surface area contributed by atoms with Gasteiger partial charge in [0.15, 0.2) is 0 Å². The molecule has 3 rings (SSSR count). The van der Waals surface area contributed by atoms with Crippen LogP contribution in [-0.2, 0) is 16.8 Å². The molecular weight excluding hydrogens is 346 g/mol. The monoisotopic (exact) mass is 363 g/mol. The van der Waals surface area contributed by atoms with Gasteiger partial charge in [-0.05, 0) is 28.5 Å². The standard InChI is InChI=1S/C16H17N3O3S2/c1-18(2)24(20,21)19-9-14(17-12-19)10-22-16-6-4-3-5-15(16)13-7-8-23-11-13/h3-9,11-12H,10H2,1-2H3. The van der Waals surface area contributed by atoms with Crippen molar-refractivity contribution in [1.29, 1.82) is 0 Å². The Kier molecular flexibility index (Phi) is 4.70. The number of thiophene rings is 1. The van der Waals surface area contributed by atoms with Gasteiger partial charge in [0.2, 0.25) is 0 Å². The number of nitrogens with zero attached hydrogens (tertiary/aromatic N) is 3. The Morgan fingerprint density at radius 3 is 2.75 bits per heavy atom. The molecule has 0 radical (unpaired) electrons. The van der Waals surface area contributed by atoms with Crippen LogP contribution >= 0.6 is 11.3 Å². The van der Waals surface area contributed by atoms with Crippen LogP contribution in [0.15, 0.2) is 53.6 Å². The highest BCUT2D eigenvalue weighted by molar-refractivity contribution is 7.87. The molecule has 0 bridgehead atoms. The fourth-order valence-corrected chi connectivity index (χ4v) is 3.59. The van der Waals surface area contributed by atoms with Gasteiger partial charge in [0, 0.05) is 25.9 Å². The first-order valence-corrected chi connectivity index (χ1v) is 9.53. The van der Waals surface area contributed by atoms with E-state index in [1.165, 1.54) is 26.6 Å². The van der Waals surface area contributed by atoms with Gasteiger partial charge in [-0.1, -0.05) is 18.2 Å². The van der Waals surface area contributed by atoms with Crippen molar-refractivity contribution in [2.45, 2.75) is 6.61 Å². The summed E-state index contributed by atoms with van der Waals surface area (Å²) in [6, 6.07) is 9.77. The number of benzene rings is 1. The lowest BCUT2D eigenvalue weighted by Gasteiger charge is -2.11. The maximum Gasteiger partial charge on any atom is 0.308 e. The van der Waals surface area contributed by atoms with Crippen LogP contribution in [0, 0.1) is 0 Å². The molecule has 6 nitrogen and oxygen atoms in total. The minimum absolute atomic E-state index is 0.192. The van der Waals surface area contributed by atoms with E-state index < -0.39 is 10.2 Å². The van der Waals surface area contributed by atoms with Gasteiger partial charge in [0.25, 0.3) is 0 Å². The van der Waals surface area contributed by atoms with Gasteiger partial charge in [0.05, 0.1) is 5.69 Å². The first kappa shape index (κ1) is 16.7. The van der Waals surface area contributed by atoms with E-state index in [-0.39, 0.29) is 6.61 Å². The Balaban J connectivity index is 1.77. The summed E-state index contributed by atoms with van der Waals surface area (Å²) in [5.41, 5.74) is 2.64. The summed E-state index contributed by atoms with van der Waals surface area (Å²) in [4.78, 5) is 4.11. The average Bonchev–Trinajstić information content (AvgIpc) is 3.25. The van der Waals surface area contributed by atoms with E-state index in [2.05, 4.69) is 10.4 Å². The zero-order valence-electron chi connectivity index (χ0n) is 13.3. The van der Waals surface area contributed by atoms with Crippen molar-refractivity contribution in [3.63, 3.8) is 0 Å². The van der Waals surface area contributed by atoms with E-state index in [0.29, 0.717) is 5.69 Å². The summed E-state index contributed by atoms with van der Waals surface area (Å²) in [5, 5.41) is 4.07. The molecule has 0 aliphatic carbocycles. The molecule has 0 spiro atoms. The Morgan fingerprint density at radius 1 is 1.25 bits per heavy atom. The van der Waals surface area contributed by atoms with Crippen molar-refractivity contribution >= 4 is 21.5 Å². The summed E-state index contributed by atoms with van der Waals surface area (Å²) in [5.74, 6) is 0.737. The lowest BCUT2D eigenvalue weighted by Crippen LogP contribution is -2.27. The van der Waals surface area contributed by atoms with Crippen LogP contribution < -0.4 is 4.74 Å². The molecule has 3 aromatic rings. The van der Waals surface area contributed by atoms with Gasteiger partial charge in [-0.2, -0.15) is 24.1 Å². The maximum absolute atomic E-state index is 12.0. The van der Waals surface area contributed by atoms with Gasteiger partial charge in [0.1, 0.15) is 18.7 Å². The minimum Gasteiger partial charge on any atom is -0.487 e. The molecule has 1 aromatic carbocycles. The lowest BCUT2D eigenvalue weighted by atomic mass is 10.1. The topological polar surface area (TPSA) is 64.4 Å². The Hall–Kier alpha value is -2.16. The van der Waals surface area contributed by atoms with Crippen LogP contribution in [-0.4, -0.2) is 35.8 Å². The van der Waals surface area contributed by atoms with E-state index >= 15 is 0 Å². The number of ether oxygens (including phenoxy) is 1. The predicted molar refractivity (Wildman–Crippen MR) is 94.3 cm³/mol. The summed E-state index contributed by atoms with van der Waals surface area (Å²) in [6.07, 6.45) is 2.74. The van der Waals surface area contributed by atoms with Crippen molar-refractivity contribution in [2.24, 2.45) is 0 Å². The highest BCUT2D eigenvalue weighted by Crippen LogP contribution is 2.31. The molecule has 0 aliphatic heterocycles. The number of rotatable bonds is 6. The van der Waals surface area contributed by atoms with Gasteiger partial charge in [-0.25, -0.2) is 8.96 Å². The van der Waals surface area contributed by atoms with Crippen LogP contribution in [0.1, 0.15) is 5.69 Å². The van der Waals surface area contributed by atoms with Gasteiger partial charge >= 0.3 is 10.2 Å². The molecule has 0 fully saturated rings. The van der Waals surface area contributed by atoms with Crippen LogP contribution in [0.3, 0.4) is 0 Å². The number of hydrogen-bond acceptors (Lipinski definition) is 5. The molecule has 0 amide bonds. The first-order chi connectivity index (χ1) is 11.5. The molecule has 0 saturated carbocycles. The SMILES string of the molecule is CN(C)S(=O)(=O)n1cnc(COc2ccccc2-c2ccsc2)c1. The predicted octanol–water partition coefficient (Wildman–Crippen LogP) is 2.85. The van der Waals surface area contributed by atoms with Crippen LogP contribution in [0.25, 0.3) is 11.1 Å². The normalized spacial score (nSPS) is 11.8. The molecule has 0 saturated heterocycles. The molecule has 0 atom stereocenters. The van der Waals surface area contributed by atoms with E-state index in [9.17, 15) is 8.42 Å². The molecule has 0 N–H and O–H groups in total. The summed E-state index contributed by atoms with van der Waals surface area (Å²) < 4.78 is 32.1. The summed E-state index contributed by atoms with van der Waals surface area (Å²) in [7, 11) is -0.600. The van der Waals surface area contributed by atoms with E-state index in [1.807, 2.05) is 35.7 Å². The summed E-state index contributed by atoms with van der Waals surface area (Å²) in [6.45, 7) is 0.192. The first-order valence-electron chi connectivity index (χ1n) is 7.19. The van der Waals surface area contributed by atoms with Crippen molar-refractivity contribution in [3.8, 4) is 16.9 Å². The lowest BCUT2D eigenvalue weighted by molar-refractivity contribution is 0.303. The molecule has 2 aromatic heterocycles. The van der Waals surface area contributed by atoms with E-state index in [0.717, 1.165) is 25.2 Å². The fourth-order valence-electron chi connectivity index (χ4n) is 2.13. The van der Waals surface area contributed by atoms with Crippen molar-refractivity contribution in [3.05, 3.63) is 59.3 Å². The minimum atomic E-state index is -3.55. The van der Waals surface area contributed by atoms with Gasteiger partial charge < -0.3 is 4.74 Å². The Labute approximate surface area is 145 Å². The molecule has 2 heterocycles. The second kappa shape index (κ2) is 6.76. The third-order valence-corrected chi connectivity index (χ3v) is 5.77. The van der Waals surface area contributed by atoms with Crippen LogP contribution in [0.2, 0.25) is 0 Å². The molecule has 0 aliphatic rings. The summed E-state index contributed by atoms with van der Waals surface area (Å²) >= 11 is 1.62. The molecule has 126 valence electrons. The second-order valence-electron chi connectivity index (χ2n) is 5.28. The average molecular weight is 363 g/mol. The number of para-hydroxylation sites is 1. The Bertz CT molecular complexity index is 916. The van der Waals surface area contributed by atoms with Crippen molar-refractivity contribution in [1.82, 2.24) is 13.3 Å². The number of imidazole rings is 1.